The molecule has 3 amide bonds. The average Bonchev–Trinajstić information content (AvgIpc) is 3.04. The number of carbonyl (C=O) groups is 3. The number of methoxy groups -OCH3 is 2. The van der Waals surface area contributed by atoms with E-state index in [4.69, 9.17) is 9.47 Å². The number of ether oxygens (including phenoxy) is 2. The quantitative estimate of drug-likeness (QED) is 0.375. The highest BCUT2D eigenvalue weighted by molar-refractivity contribution is 5.98. The Morgan fingerprint density at radius 2 is 1.43 bits per heavy atom. The summed E-state index contributed by atoms with van der Waals surface area (Å²) in [5.41, 5.74) is 0.0761. The van der Waals surface area contributed by atoms with Crippen molar-refractivity contribution in [2.45, 2.75) is 43.9 Å². The highest BCUT2D eigenvalue weighted by atomic mass is 19.4. The minimum atomic E-state index is -4.64. The number of likely N-dealkylation sites (tertiary alicyclic amines) is 1. The molecule has 0 spiro atoms. The van der Waals surface area contributed by atoms with Gasteiger partial charge in [-0.3, -0.25) is 14.4 Å². The minimum absolute atomic E-state index is 0.106. The van der Waals surface area contributed by atoms with Gasteiger partial charge < -0.3 is 24.6 Å². The van der Waals surface area contributed by atoms with Crippen LogP contribution in [0.2, 0.25) is 0 Å². The monoisotopic (exact) mass is 609 g/mol. The number of amides is 3. The van der Waals surface area contributed by atoms with Crippen molar-refractivity contribution in [3.05, 3.63) is 89.5 Å². The molecule has 0 aromatic heterocycles. The number of nitrogens with zero attached hydrogens (tertiary/aromatic N) is 2. The van der Waals surface area contributed by atoms with Crippen LogP contribution in [0.4, 0.5) is 18.9 Å². The number of rotatable bonds is 7. The van der Waals surface area contributed by atoms with Gasteiger partial charge in [-0.1, -0.05) is 24.3 Å². The lowest BCUT2D eigenvalue weighted by atomic mass is 9.82. The van der Waals surface area contributed by atoms with Gasteiger partial charge in [0.05, 0.1) is 37.3 Å². The number of alkyl halides is 3. The molecule has 5 rings (SSSR count). The summed E-state index contributed by atoms with van der Waals surface area (Å²) in [4.78, 5) is 43.3. The van der Waals surface area contributed by atoms with E-state index in [0.29, 0.717) is 36.4 Å². The van der Waals surface area contributed by atoms with Crippen LogP contribution in [0.3, 0.4) is 0 Å². The first-order valence-corrected chi connectivity index (χ1v) is 14.5. The van der Waals surface area contributed by atoms with E-state index in [1.54, 1.807) is 55.5 Å². The number of anilines is 1. The number of carbonyl (C=O) groups excluding carboxylic acids is 3. The first-order valence-electron chi connectivity index (χ1n) is 14.5. The molecule has 232 valence electrons. The van der Waals surface area contributed by atoms with E-state index in [1.165, 1.54) is 23.1 Å². The summed E-state index contributed by atoms with van der Waals surface area (Å²) in [6.07, 6.45) is -3.32. The van der Waals surface area contributed by atoms with Gasteiger partial charge in [-0.2, -0.15) is 13.2 Å². The molecule has 0 bridgehead atoms. The molecule has 2 aliphatic heterocycles. The Balaban J connectivity index is 1.32. The van der Waals surface area contributed by atoms with Crippen molar-refractivity contribution in [3.63, 3.8) is 0 Å². The Kier molecular flexibility index (Phi) is 9.12. The lowest BCUT2D eigenvalue weighted by molar-refractivity contribution is -0.138. The molecule has 8 nitrogen and oxygen atoms in total. The number of halogens is 3. The van der Waals surface area contributed by atoms with Crippen molar-refractivity contribution in [2.24, 2.45) is 5.92 Å². The average molecular weight is 610 g/mol. The number of hydrogen-bond donors (Lipinski definition) is 1. The van der Waals surface area contributed by atoms with E-state index >= 15 is 0 Å². The molecule has 3 aromatic rings. The summed E-state index contributed by atoms with van der Waals surface area (Å²) in [6, 6.07) is 18.3. The number of nitrogens with one attached hydrogen (secondary N) is 1. The van der Waals surface area contributed by atoms with Crippen LogP contribution < -0.4 is 19.7 Å². The summed E-state index contributed by atoms with van der Waals surface area (Å²) in [5.74, 6) is -0.285. The molecule has 2 unspecified atom stereocenters. The zero-order valence-corrected chi connectivity index (χ0v) is 24.5. The molecule has 11 heteroatoms. The maximum Gasteiger partial charge on any atom is 0.417 e. The Labute approximate surface area is 253 Å². The van der Waals surface area contributed by atoms with Gasteiger partial charge in [-0.05, 0) is 73.4 Å². The van der Waals surface area contributed by atoms with Crippen molar-refractivity contribution in [1.82, 2.24) is 10.2 Å². The van der Waals surface area contributed by atoms with Gasteiger partial charge in [0.15, 0.2) is 0 Å². The Bertz CT molecular complexity index is 1490. The zero-order valence-electron chi connectivity index (χ0n) is 24.5. The van der Waals surface area contributed by atoms with E-state index in [1.807, 2.05) is 12.1 Å². The second-order valence-electron chi connectivity index (χ2n) is 10.9. The maximum absolute atomic E-state index is 13.8. The van der Waals surface area contributed by atoms with Gasteiger partial charge in [-0.25, -0.2) is 0 Å². The second-order valence-corrected chi connectivity index (χ2v) is 10.9. The predicted octanol–water partition coefficient (Wildman–Crippen LogP) is 5.63. The second kappa shape index (κ2) is 13.0. The van der Waals surface area contributed by atoms with Crippen molar-refractivity contribution in [3.8, 4) is 11.5 Å². The molecule has 3 aromatic carbocycles. The maximum atomic E-state index is 13.8. The summed E-state index contributed by atoms with van der Waals surface area (Å²) >= 11 is 0. The van der Waals surface area contributed by atoms with Crippen LogP contribution in [0.1, 0.15) is 53.2 Å². The van der Waals surface area contributed by atoms with E-state index < -0.39 is 29.6 Å². The van der Waals surface area contributed by atoms with E-state index in [2.05, 4.69) is 5.32 Å². The molecular formula is C33H34F3N3O5. The van der Waals surface area contributed by atoms with E-state index in [-0.39, 0.29) is 42.9 Å². The van der Waals surface area contributed by atoms with Crippen molar-refractivity contribution in [1.29, 1.82) is 0 Å². The highest BCUT2D eigenvalue weighted by Gasteiger charge is 2.42. The van der Waals surface area contributed by atoms with Crippen LogP contribution in [0.15, 0.2) is 72.8 Å². The predicted molar refractivity (Wildman–Crippen MR) is 157 cm³/mol. The summed E-state index contributed by atoms with van der Waals surface area (Å²) in [7, 11) is 3.12. The third-order valence-electron chi connectivity index (χ3n) is 8.33. The molecule has 44 heavy (non-hydrogen) atoms. The molecule has 0 aliphatic carbocycles. The third kappa shape index (κ3) is 6.51. The van der Waals surface area contributed by atoms with Crippen LogP contribution >= 0.6 is 0 Å². The normalized spacial score (nSPS) is 19.4. The Morgan fingerprint density at radius 3 is 2.02 bits per heavy atom. The Morgan fingerprint density at radius 1 is 0.841 bits per heavy atom. The van der Waals surface area contributed by atoms with Gasteiger partial charge in [-0.15, -0.1) is 0 Å². The van der Waals surface area contributed by atoms with Gasteiger partial charge in [0.1, 0.15) is 11.5 Å². The first-order chi connectivity index (χ1) is 21.1. The summed E-state index contributed by atoms with van der Waals surface area (Å²) in [5, 5.41) is 3.11. The first kappa shape index (κ1) is 30.9. The van der Waals surface area contributed by atoms with Crippen LogP contribution in [0, 0.1) is 5.92 Å². The lowest BCUT2D eigenvalue weighted by Crippen LogP contribution is -2.52. The fraction of sp³-hybridized carbons (Fsp3) is 0.364. The van der Waals surface area contributed by atoms with Gasteiger partial charge in [0.25, 0.3) is 5.91 Å². The summed E-state index contributed by atoms with van der Waals surface area (Å²) < 4.78 is 51.1. The molecule has 2 heterocycles. The molecule has 2 aliphatic rings. The molecule has 2 atom stereocenters. The topological polar surface area (TPSA) is 88.2 Å². The van der Waals surface area contributed by atoms with Gasteiger partial charge in [0.2, 0.25) is 11.8 Å². The fourth-order valence-electron chi connectivity index (χ4n) is 6.02. The SMILES string of the molecule is COc1ccc(C2C(C(=O)NC3CCN(C(=O)c4ccccc4C(F)(F)F)CC3)CCC(=O)N2c2ccc(OC)cc2)cc1. The van der Waals surface area contributed by atoms with Gasteiger partial charge in [0, 0.05) is 31.2 Å². The molecule has 2 fully saturated rings. The standard InChI is InChI=1S/C33H34F3N3O5/c1-43-24-11-7-21(8-12-24)30-27(15-16-29(40)39(30)23-9-13-25(44-2)14-10-23)31(41)37-22-17-19-38(20-18-22)32(42)26-5-3-4-6-28(26)33(34,35)36/h3-14,22,27,30H,15-20H2,1-2H3,(H,37,41). The fourth-order valence-corrected chi connectivity index (χ4v) is 6.02. The minimum Gasteiger partial charge on any atom is -0.497 e. The number of hydrogen-bond acceptors (Lipinski definition) is 5. The van der Waals surface area contributed by atoms with Crippen LogP contribution in [-0.2, 0) is 15.8 Å². The highest BCUT2D eigenvalue weighted by Crippen LogP contribution is 2.41. The largest absolute Gasteiger partial charge is 0.497 e. The zero-order chi connectivity index (χ0) is 31.4. The third-order valence-corrected chi connectivity index (χ3v) is 8.33. The number of piperidine rings is 2. The van der Waals surface area contributed by atoms with Crippen LogP contribution in [-0.4, -0.2) is 56.0 Å². The molecule has 0 radical (unpaired) electrons. The van der Waals surface area contributed by atoms with E-state index in [9.17, 15) is 27.6 Å². The molecular weight excluding hydrogens is 575 g/mol. The smallest absolute Gasteiger partial charge is 0.417 e. The van der Waals surface area contributed by atoms with Crippen LogP contribution in [0.25, 0.3) is 0 Å². The Hall–Kier alpha value is -4.54. The van der Waals surface area contributed by atoms with Crippen molar-refractivity contribution >= 4 is 23.4 Å². The summed E-state index contributed by atoms with van der Waals surface area (Å²) in [6.45, 7) is 0.415. The molecule has 1 N–H and O–H groups in total. The molecule has 2 saturated heterocycles. The van der Waals surface area contributed by atoms with Crippen molar-refractivity contribution in [2.75, 3.05) is 32.2 Å². The molecule has 0 saturated carbocycles. The number of benzene rings is 3. The van der Waals surface area contributed by atoms with E-state index in [0.717, 1.165) is 11.6 Å². The van der Waals surface area contributed by atoms with Crippen molar-refractivity contribution < 1.29 is 37.0 Å². The van der Waals surface area contributed by atoms with Crippen LogP contribution in [0.5, 0.6) is 11.5 Å². The van der Waals surface area contributed by atoms with Gasteiger partial charge >= 0.3 is 6.18 Å². The lowest BCUT2D eigenvalue weighted by Gasteiger charge is -2.42.